The summed E-state index contributed by atoms with van der Waals surface area (Å²) in [5, 5.41) is 8.33. The second kappa shape index (κ2) is 3.84. The molecule has 1 amide bonds. The molecule has 3 heterocycles. The smallest absolute Gasteiger partial charge is 0.219 e. The Bertz CT molecular complexity index is 562. The Hall–Kier alpha value is -1.91. The summed E-state index contributed by atoms with van der Waals surface area (Å²) in [6, 6.07) is 3.94. The SMILES string of the molecule is CC(=O)N1CCC(c2[nH]nc3ncccc23)C1. The highest BCUT2D eigenvalue weighted by Crippen LogP contribution is 2.29. The predicted octanol–water partition coefficient (Wildman–Crippen LogP) is 1.29. The van der Waals surface area contributed by atoms with E-state index in [4.69, 9.17) is 0 Å². The molecule has 0 aromatic carbocycles. The van der Waals surface area contributed by atoms with Crippen LogP contribution in [0.5, 0.6) is 0 Å². The van der Waals surface area contributed by atoms with Crippen LogP contribution in [0.25, 0.3) is 11.0 Å². The molecule has 0 spiro atoms. The molecule has 0 radical (unpaired) electrons. The average molecular weight is 230 g/mol. The third-order valence-corrected chi connectivity index (χ3v) is 3.40. The number of hydrogen-bond acceptors (Lipinski definition) is 3. The van der Waals surface area contributed by atoms with Crippen LogP contribution in [0.1, 0.15) is 25.0 Å². The van der Waals surface area contributed by atoms with Crippen LogP contribution in [0.2, 0.25) is 0 Å². The fourth-order valence-electron chi connectivity index (χ4n) is 2.46. The topological polar surface area (TPSA) is 61.9 Å². The Morgan fingerprint density at radius 2 is 2.47 bits per heavy atom. The van der Waals surface area contributed by atoms with Gasteiger partial charge >= 0.3 is 0 Å². The van der Waals surface area contributed by atoms with Crippen molar-refractivity contribution >= 4 is 16.9 Å². The first-order chi connectivity index (χ1) is 8.25. The van der Waals surface area contributed by atoms with Gasteiger partial charge in [-0.3, -0.25) is 9.89 Å². The first-order valence-electron chi connectivity index (χ1n) is 5.80. The molecule has 1 unspecified atom stereocenters. The Kier molecular flexibility index (Phi) is 2.31. The molecule has 0 aliphatic carbocycles. The Morgan fingerprint density at radius 3 is 3.24 bits per heavy atom. The van der Waals surface area contributed by atoms with Gasteiger partial charge in [-0.25, -0.2) is 4.98 Å². The summed E-state index contributed by atoms with van der Waals surface area (Å²) in [5.74, 6) is 0.502. The zero-order valence-electron chi connectivity index (χ0n) is 9.68. The maximum absolute atomic E-state index is 11.3. The molecule has 1 N–H and O–H groups in total. The number of nitrogens with one attached hydrogen (secondary N) is 1. The third-order valence-electron chi connectivity index (χ3n) is 3.40. The van der Waals surface area contributed by atoms with Crippen molar-refractivity contribution < 1.29 is 4.79 Å². The molecule has 1 aliphatic heterocycles. The highest BCUT2D eigenvalue weighted by Gasteiger charge is 2.27. The van der Waals surface area contributed by atoms with Gasteiger partial charge in [0.1, 0.15) is 0 Å². The van der Waals surface area contributed by atoms with E-state index in [1.165, 1.54) is 0 Å². The molecule has 88 valence electrons. The van der Waals surface area contributed by atoms with Crippen molar-refractivity contribution in [2.45, 2.75) is 19.3 Å². The van der Waals surface area contributed by atoms with Crippen molar-refractivity contribution in [1.29, 1.82) is 0 Å². The van der Waals surface area contributed by atoms with Crippen molar-refractivity contribution in [3.8, 4) is 0 Å². The zero-order valence-corrected chi connectivity index (χ0v) is 9.68. The number of H-pyrrole nitrogens is 1. The molecule has 2 aromatic rings. The van der Waals surface area contributed by atoms with Crippen LogP contribution in [-0.2, 0) is 4.79 Å². The number of rotatable bonds is 1. The summed E-state index contributed by atoms with van der Waals surface area (Å²) in [7, 11) is 0. The maximum Gasteiger partial charge on any atom is 0.219 e. The number of nitrogens with zero attached hydrogens (tertiary/aromatic N) is 3. The normalized spacial score (nSPS) is 20.1. The minimum atomic E-state index is 0.148. The number of hydrogen-bond donors (Lipinski definition) is 1. The standard InChI is InChI=1S/C12H14N4O/c1-8(17)16-6-4-9(7-16)11-10-3-2-5-13-12(10)15-14-11/h2-3,5,9H,4,6-7H2,1H3,(H,13,14,15). The lowest BCUT2D eigenvalue weighted by molar-refractivity contribution is -0.127. The molecule has 1 aliphatic rings. The fraction of sp³-hybridized carbons (Fsp3) is 0.417. The predicted molar refractivity (Wildman–Crippen MR) is 63.5 cm³/mol. The van der Waals surface area contributed by atoms with Gasteiger partial charge in [0, 0.05) is 43.2 Å². The molecule has 17 heavy (non-hydrogen) atoms. The van der Waals surface area contributed by atoms with Gasteiger partial charge in [-0.1, -0.05) is 0 Å². The van der Waals surface area contributed by atoms with Crippen molar-refractivity contribution in [1.82, 2.24) is 20.1 Å². The van der Waals surface area contributed by atoms with Gasteiger partial charge in [-0.05, 0) is 18.6 Å². The number of carbonyl (C=O) groups is 1. The lowest BCUT2D eigenvalue weighted by atomic mass is 10.0. The largest absolute Gasteiger partial charge is 0.342 e. The molecule has 3 rings (SSSR count). The van der Waals surface area contributed by atoms with Gasteiger partial charge in [0.05, 0.1) is 0 Å². The van der Waals surface area contributed by atoms with E-state index < -0.39 is 0 Å². The highest BCUT2D eigenvalue weighted by molar-refractivity contribution is 5.78. The number of pyridine rings is 1. The van der Waals surface area contributed by atoms with Gasteiger partial charge in [0.25, 0.3) is 0 Å². The summed E-state index contributed by atoms with van der Waals surface area (Å²) in [6.07, 6.45) is 2.73. The number of aromatic nitrogens is 3. The average Bonchev–Trinajstić information content (AvgIpc) is 2.95. The van der Waals surface area contributed by atoms with Gasteiger partial charge in [0.15, 0.2) is 5.65 Å². The fourth-order valence-corrected chi connectivity index (χ4v) is 2.46. The van der Waals surface area contributed by atoms with Gasteiger partial charge in [-0.2, -0.15) is 5.10 Å². The van der Waals surface area contributed by atoms with Crippen LogP contribution in [0.3, 0.4) is 0 Å². The van der Waals surface area contributed by atoms with Gasteiger partial charge in [0.2, 0.25) is 5.91 Å². The van der Waals surface area contributed by atoms with Crippen LogP contribution in [-0.4, -0.2) is 39.1 Å². The zero-order chi connectivity index (χ0) is 11.8. The summed E-state index contributed by atoms with van der Waals surface area (Å²) < 4.78 is 0. The van der Waals surface area contributed by atoms with E-state index in [9.17, 15) is 4.79 Å². The van der Waals surface area contributed by atoms with Crippen LogP contribution >= 0.6 is 0 Å². The maximum atomic E-state index is 11.3. The Labute approximate surface area is 98.8 Å². The van der Waals surface area contributed by atoms with Crippen LogP contribution in [0.15, 0.2) is 18.3 Å². The number of likely N-dealkylation sites (tertiary alicyclic amines) is 1. The first-order valence-corrected chi connectivity index (χ1v) is 5.80. The van der Waals surface area contributed by atoms with Crippen LogP contribution < -0.4 is 0 Å². The van der Waals surface area contributed by atoms with Crippen LogP contribution in [0.4, 0.5) is 0 Å². The lowest BCUT2D eigenvalue weighted by Crippen LogP contribution is -2.25. The quantitative estimate of drug-likeness (QED) is 0.803. The highest BCUT2D eigenvalue weighted by atomic mass is 16.2. The molecule has 5 heteroatoms. The third kappa shape index (κ3) is 1.67. The number of aromatic amines is 1. The Balaban J connectivity index is 1.93. The molecular weight excluding hydrogens is 216 g/mol. The Morgan fingerprint density at radius 1 is 1.59 bits per heavy atom. The summed E-state index contributed by atoms with van der Waals surface area (Å²) >= 11 is 0. The van der Waals surface area contributed by atoms with Crippen LogP contribution in [0, 0.1) is 0 Å². The van der Waals surface area contributed by atoms with Crippen molar-refractivity contribution in [2.75, 3.05) is 13.1 Å². The molecule has 2 aromatic heterocycles. The van der Waals surface area contributed by atoms with E-state index in [1.54, 1.807) is 13.1 Å². The minimum absolute atomic E-state index is 0.148. The second-order valence-electron chi connectivity index (χ2n) is 4.46. The van der Waals surface area contributed by atoms with E-state index in [0.29, 0.717) is 5.92 Å². The van der Waals surface area contributed by atoms with Crippen molar-refractivity contribution in [2.24, 2.45) is 0 Å². The van der Waals surface area contributed by atoms with E-state index in [0.717, 1.165) is 36.2 Å². The number of fused-ring (bicyclic) bond motifs is 1. The molecule has 1 atom stereocenters. The van der Waals surface area contributed by atoms with Crippen molar-refractivity contribution in [3.63, 3.8) is 0 Å². The summed E-state index contributed by atoms with van der Waals surface area (Å²) in [4.78, 5) is 17.4. The number of carbonyl (C=O) groups excluding carboxylic acids is 1. The summed E-state index contributed by atoms with van der Waals surface area (Å²) in [5.41, 5.74) is 1.86. The first kappa shape index (κ1) is 10.3. The van der Waals surface area contributed by atoms with Gasteiger partial charge in [-0.15, -0.1) is 0 Å². The molecular formula is C12H14N4O. The number of amides is 1. The van der Waals surface area contributed by atoms with E-state index in [2.05, 4.69) is 15.2 Å². The van der Waals surface area contributed by atoms with Gasteiger partial charge < -0.3 is 4.90 Å². The van der Waals surface area contributed by atoms with Crippen molar-refractivity contribution in [3.05, 3.63) is 24.0 Å². The minimum Gasteiger partial charge on any atom is -0.342 e. The lowest BCUT2D eigenvalue weighted by Gasteiger charge is -2.13. The monoisotopic (exact) mass is 230 g/mol. The molecule has 0 saturated carbocycles. The molecule has 1 saturated heterocycles. The van der Waals surface area contributed by atoms with E-state index in [-0.39, 0.29) is 5.91 Å². The van der Waals surface area contributed by atoms with E-state index in [1.807, 2.05) is 17.0 Å². The second-order valence-corrected chi connectivity index (χ2v) is 4.46. The van der Waals surface area contributed by atoms with E-state index >= 15 is 0 Å². The summed E-state index contributed by atoms with van der Waals surface area (Å²) in [6.45, 7) is 3.23. The molecule has 5 nitrogen and oxygen atoms in total. The molecule has 1 fully saturated rings. The molecule has 0 bridgehead atoms.